The molecule has 0 bridgehead atoms. The molecule has 0 heterocycles. The Morgan fingerprint density at radius 3 is 2.67 bits per heavy atom. The van der Waals surface area contributed by atoms with Gasteiger partial charge in [0.1, 0.15) is 11.6 Å². The second kappa shape index (κ2) is 4.54. The van der Waals surface area contributed by atoms with Gasteiger partial charge in [0.05, 0.1) is 12.8 Å². The van der Waals surface area contributed by atoms with Crippen molar-refractivity contribution in [1.82, 2.24) is 0 Å². The Labute approximate surface area is 85.1 Å². The number of nitrogen functional groups attached to an aromatic ring is 1. The van der Waals surface area contributed by atoms with Crippen LogP contribution in [0, 0.1) is 11.6 Å². The van der Waals surface area contributed by atoms with Crippen LogP contribution in [-0.4, -0.2) is 13.1 Å². The summed E-state index contributed by atoms with van der Waals surface area (Å²) >= 11 is 0. The van der Waals surface area contributed by atoms with Crippen molar-refractivity contribution in [2.75, 3.05) is 12.8 Å². The third kappa shape index (κ3) is 2.77. The Kier molecular flexibility index (Phi) is 3.38. The lowest BCUT2D eigenvalue weighted by Crippen LogP contribution is -1.96. The molecule has 0 atom stereocenters. The summed E-state index contributed by atoms with van der Waals surface area (Å²) in [5.74, 6) is -2.25. The summed E-state index contributed by atoms with van der Waals surface area (Å²) in [5.41, 5.74) is 5.08. The van der Waals surface area contributed by atoms with Crippen LogP contribution in [0.15, 0.2) is 18.2 Å². The van der Waals surface area contributed by atoms with E-state index in [1.54, 1.807) is 0 Å². The van der Waals surface area contributed by atoms with Gasteiger partial charge in [0.2, 0.25) is 0 Å². The molecule has 0 unspecified atom stereocenters. The lowest BCUT2D eigenvalue weighted by molar-refractivity contribution is -0.134. The van der Waals surface area contributed by atoms with Crippen molar-refractivity contribution in [2.45, 2.75) is 0 Å². The van der Waals surface area contributed by atoms with E-state index in [-0.39, 0.29) is 11.3 Å². The number of carbonyl (C=O) groups excluding carboxylic acids is 1. The molecule has 1 aromatic carbocycles. The third-order valence-corrected chi connectivity index (χ3v) is 1.72. The number of rotatable bonds is 2. The van der Waals surface area contributed by atoms with Crippen molar-refractivity contribution >= 4 is 17.7 Å². The van der Waals surface area contributed by atoms with E-state index < -0.39 is 17.6 Å². The van der Waals surface area contributed by atoms with Crippen molar-refractivity contribution in [3.63, 3.8) is 0 Å². The average Bonchev–Trinajstić information content (AvgIpc) is 2.21. The van der Waals surface area contributed by atoms with Gasteiger partial charge in [-0.15, -0.1) is 0 Å². The average molecular weight is 213 g/mol. The van der Waals surface area contributed by atoms with Crippen LogP contribution < -0.4 is 5.73 Å². The van der Waals surface area contributed by atoms with E-state index in [4.69, 9.17) is 5.73 Å². The number of hydrogen-bond donors (Lipinski definition) is 1. The molecule has 80 valence electrons. The topological polar surface area (TPSA) is 52.3 Å². The molecule has 0 aliphatic carbocycles. The Bertz CT molecular complexity index is 416. The molecule has 0 spiro atoms. The summed E-state index contributed by atoms with van der Waals surface area (Å²) in [4.78, 5) is 10.7. The number of halogens is 2. The van der Waals surface area contributed by atoms with Crippen LogP contribution in [0.2, 0.25) is 0 Å². The van der Waals surface area contributed by atoms with Crippen LogP contribution in [0.25, 0.3) is 6.08 Å². The van der Waals surface area contributed by atoms with E-state index in [0.29, 0.717) is 6.07 Å². The summed E-state index contributed by atoms with van der Waals surface area (Å²) < 4.78 is 30.1. The quantitative estimate of drug-likeness (QED) is 0.462. The van der Waals surface area contributed by atoms with Gasteiger partial charge in [-0.25, -0.2) is 13.6 Å². The molecule has 2 N–H and O–H groups in total. The fourth-order valence-electron chi connectivity index (χ4n) is 0.937. The van der Waals surface area contributed by atoms with E-state index in [2.05, 4.69) is 4.74 Å². The Morgan fingerprint density at radius 2 is 2.07 bits per heavy atom. The van der Waals surface area contributed by atoms with E-state index in [1.807, 2.05) is 0 Å². The smallest absolute Gasteiger partial charge is 0.330 e. The summed E-state index contributed by atoms with van der Waals surface area (Å²) in [6.07, 6.45) is 2.19. The summed E-state index contributed by atoms with van der Waals surface area (Å²) in [6, 6.07) is 1.76. The van der Waals surface area contributed by atoms with Crippen LogP contribution in [0.4, 0.5) is 14.5 Å². The second-order valence-electron chi connectivity index (χ2n) is 2.75. The first kappa shape index (κ1) is 11.2. The fraction of sp³-hybridized carbons (Fsp3) is 0.100. The van der Waals surface area contributed by atoms with E-state index in [1.165, 1.54) is 7.11 Å². The molecule has 0 aliphatic heterocycles. The minimum Gasteiger partial charge on any atom is -0.466 e. The highest BCUT2D eigenvalue weighted by molar-refractivity contribution is 5.87. The highest BCUT2D eigenvalue weighted by Crippen LogP contribution is 2.17. The van der Waals surface area contributed by atoms with Crippen molar-refractivity contribution in [3.05, 3.63) is 35.4 Å². The van der Waals surface area contributed by atoms with Crippen molar-refractivity contribution in [2.24, 2.45) is 0 Å². The van der Waals surface area contributed by atoms with Crippen LogP contribution in [-0.2, 0) is 9.53 Å². The molecule has 1 aromatic rings. The van der Waals surface area contributed by atoms with Crippen LogP contribution in [0.3, 0.4) is 0 Å². The zero-order chi connectivity index (χ0) is 11.4. The van der Waals surface area contributed by atoms with Crippen molar-refractivity contribution in [1.29, 1.82) is 0 Å². The number of anilines is 1. The maximum Gasteiger partial charge on any atom is 0.330 e. The maximum atomic E-state index is 13.1. The third-order valence-electron chi connectivity index (χ3n) is 1.72. The summed E-state index contributed by atoms with van der Waals surface area (Å²) in [5, 5.41) is 0. The minimum absolute atomic E-state index is 0.0271. The number of benzene rings is 1. The highest BCUT2D eigenvalue weighted by Gasteiger charge is 2.05. The number of hydrogen-bond acceptors (Lipinski definition) is 3. The maximum absolute atomic E-state index is 13.1. The first-order valence-electron chi connectivity index (χ1n) is 4.05. The minimum atomic E-state index is -0.831. The zero-order valence-electron chi connectivity index (χ0n) is 7.96. The molecular weight excluding hydrogens is 204 g/mol. The number of ether oxygens (including phenoxy) is 1. The zero-order valence-corrected chi connectivity index (χ0v) is 7.96. The monoisotopic (exact) mass is 213 g/mol. The molecule has 3 nitrogen and oxygen atoms in total. The molecule has 1 rings (SSSR count). The van der Waals surface area contributed by atoms with Crippen molar-refractivity contribution < 1.29 is 18.3 Å². The molecule has 0 fully saturated rings. The predicted octanol–water partition coefficient (Wildman–Crippen LogP) is 1.73. The van der Waals surface area contributed by atoms with Gasteiger partial charge in [0.15, 0.2) is 0 Å². The lowest BCUT2D eigenvalue weighted by atomic mass is 10.1. The fourth-order valence-corrected chi connectivity index (χ4v) is 0.937. The molecule has 0 radical (unpaired) electrons. The van der Waals surface area contributed by atoms with Crippen LogP contribution in [0.5, 0.6) is 0 Å². The highest BCUT2D eigenvalue weighted by atomic mass is 19.1. The van der Waals surface area contributed by atoms with Gasteiger partial charge in [-0.05, 0) is 12.1 Å². The van der Waals surface area contributed by atoms with Gasteiger partial charge < -0.3 is 10.5 Å². The number of nitrogens with two attached hydrogens (primary N) is 1. The van der Waals surface area contributed by atoms with Gasteiger partial charge in [-0.1, -0.05) is 0 Å². The number of methoxy groups -OCH3 is 1. The Balaban J connectivity index is 3.00. The Hall–Kier alpha value is -1.91. The molecule has 0 amide bonds. The number of esters is 1. The standard InChI is InChI=1S/C10H9F2NO2/c1-15-10(14)3-2-6-4-9(13)8(12)5-7(6)11/h2-5H,13H2,1H3. The van der Waals surface area contributed by atoms with Gasteiger partial charge in [0.25, 0.3) is 0 Å². The lowest BCUT2D eigenvalue weighted by Gasteiger charge is -2.00. The van der Waals surface area contributed by atoms with E-state index >= 15 is 0 Å². The second-order valence-corrected chi connectivity index (χ2v) is 2.75. The predicted molar refractivity (Wildman–Crippen MR) is 51.8 cm³/mol. The van der Waals surface area contributed by atoms with Crippen LogP contribution >= 0.6 is 0 Å². The summed E-state index contributed by atoms with van der Waals surface area (Å²) in [6.45, 7) is 0. The number of carbonyl (C=O) groups is 1. The molecule has 0 aromatic heterocycles. The van der Waals surface area contributed by atoms with Gasteiger partial charge >= 0.3 is 5.97 Å². The largest absolute Gasteiger partial charge is 0.466 e. The van der Waals surface area contributed by atoms with Gasteiger partial charge in [-0.3, -0.25) is 0 Å². The SMILES string of the molecule is COC(=O)C=Cc1cc(N)c(F)cc1F. The Morgan fingerprint density at radius 1 is 1.40 bits per heavy atom. The first-order chi connectivity index (χ1) is 7.04. The van der Waals surface area contributed by atoms with Crippen molar-refractivity contribution in [3.8, 4) is 0 Å². The van der Waals surface area contributed by atoms with Crippen LogP contribution in [0.1, 0.15) is 5.56 Å². The van der Waals surface area contributed by atoms with Gasteiger partial charge in [0, 0.05) is 17.7 Å². The molecule has 15 heavy (non-hydrogen) atoms. The molecule has 0 aliphatic rings. The normalized spacial score (nSPS) is 10.6. The molecule has 0 saturated carbocycles. The molecular formula is C10H9F2NO2. The van der Waals surface area contributed by atoms with E-state index in [0.717, 1.165) is 18.2 Å². The van der Waals surface area contributed by atoms with E-state index in [9.17, 15) is 13.6 Å². The molecule has 0 saturated heterocycles. The van der Waals surface area contributed by atoms with Gasteiger partial charge in [-0.2, -0.15) is 0 Å². The summed E-state index contributed by atoms with van der Waals surface area (Å²) in [7, 11) is 1.20. The molecule has 5 heteroatoms. The first-order valence-corrected chi connectivity index (χ1v) is 4.05.